The molecule has 35 heavy (non-hydrogen) atoms. The molecule has 1 fully saturated rings. The summed E-state index contributed by atoms with van der Waals surface area (Å²) in [5.74, 6) is -0.272. The van der Waals surface area contributed by atoms with Gasteiger partial charge in [-0.3, -0.25) is 14.2 Å². The van der Waals surface area contributed by atoms with Crippen molar-refractivity contribution in [2.45, 2.75) is 43.8 Å². The number of hydrogen-bond donors (Lipinski definition) is 0. The highest BCUT2D eigenvalue weighted by Crippen LogP contribution is 2.37. The molecule has 0 spiro atoms. The van der Waals surface area contributed by atoms with Gasteiger partial charge >= 0.3 is 0 Å². The summed E-state index contributed by atoms with van der Waals surface area (Å²) >= 11 is 2.58. The van der Waals surface area contributed by atoms with Gasteiger partial charge in [0.25, 0.3) is 5.56 Å². The Morgan fingerprint density at radius 3 is 2.80 bits per heavy atom. The van der Waals surface area contributed by atoms with E-state index in [0.717, 1.165) is 41.5 Å². The summed E-state index contributed by atoms with van der Waals surface area (Å²) in [6, 6.07) is 5.69. The minimum atomic E-state index is -3.12. The Kier molecular flexibility index (Phi) is 6.52. The van der Waals surface area contributed by atoms with Crippen LogP contribution in [0, 0.1) is 11.7 Å². The number of halogens is 1. The van der Waals surface area contributed by atoms with Gasteiger partial charge in [-0.2, -0.15) is 0 Å². The Labute approximate surface area is 211 Å². The highest BCUT2D eigenvalue weighted by Gasteiger charge is 2.33. The van der Waals surface area contributed by atoms with E-state index >= 15 is 0 Å². The van der Waals surface area contributed by atoms with Crippen molar-refractivity contribution in [1.82, 2.24) is 14.5 Å². The molecule has 11 heteroatoms. The Morgan fingerprint density at radius 2 is 2.09 bits per heavy atom. The number of carbonyl (C=O) groups excluding carboxylic acids is 1. The largest absolute Gasteiger partial charge is 0.341 e. The van der Waals surface area contributed by atoms with Crippen LogP contribution in [-0.4, -0.2) is 59.1 Å². The molecule has 1 aromatic carbocycles. The molecule has 2 aliphatic rings. The van der Waals surface area contributed by atoms with Crippen LogP contribution in [0.2, 0.25) is 0 Å². The van der Waals surface area contributed by atoms with Gasteiger partial charge in [0.05, 0.1) is 28.3 Å². The Bertz CT molecular complexity index is 1480. The van der Waals surface area contributed by atoms with Crippen LogP contribution in [0.4, 0.5) is 4.39 Å². The molecule has 186 valence electrons. The lowest BCUT2D eigenvalue weighted by Crippen LogP contribution is -2.39. The second kappa shape index (κ2) is 9.33. The van der Waals surface area contributed by atoms with Gasteiger partial charge in [-0.25, -0.2) is 17.8 Å². The minimum Gasteiger partial charge on any atom is -0.341 e. The molecule has 2 aromatic heterocycles. The Balaban J connectivity index is 1.53. The number of aromatic nitrogens is 2. The van der Waals surface area contributed by atoms with E-state index in [-0.39, 0.29) is 45.6 Å². The van der Waals surface area contributed by atoms with E-state index in [0.29, 0.717) is 22.6 Å². The smallest absolute Gasteiger partial charge is 0.267 e. The number of sulfone groups is 1. The molecule has 3 aromatic rings. The van der Waals surface area contributed by atoms with E-state index in [4.69, 9.17) is 4.98 Å². The Morgan fingerprint density at radius 1 is 1.31 bits per heavy atom. The first kappa shape index (κ1) is 24.5. The van der Waals surface area contributed by atoms with Gasteiger partial charge in [-0.1, -0.05) is 30.8 Å². The number of amides is 1. The number of carbonyl (C=O) groups is 1. The third-order valence-electron chi connectivity index (χ3n) is 6.87. The Hall–Kier alpha value is -2.24. The SMILES string of the molecule is C[C@H]1CCc2c(sc3nc(SCC(=O)N(C)[C@H]4CCS(=O)(=O)C4)n(-c4ccccc4F)c(=O)c23)C1. The van der Waals surface area contributed by atoms with Crippen molar-refractivity contribution in [3.8, 4) is 5.69 Å². The second-order valence-corrected chi connectivity index (χ2v) is 13.6. The second-order valence-electron chi connectivity index (χ2n) is 9.37. The van der Waals surface area contributed by atoms with Gasteiger partial charge in [-0.05, 0) is 49.3 Å². The molecule has 0 bridgehead atoms. The normalized spacial score (nSPS) is 21.2. The molecule has 1 aliphatic carbocycles. The predicted octanol–water partition coefficient (Wildman–Crippen LogP) is 3.45. The number of thiophene rings is 1. The van der Waals surface area contributed by atoms with Crippen LogP contribution >= 0.6 is 23.1 Å². The molecule has 0 N–H and O–H groups in total. The van der Waals surface area contributed by atoms with E-state index in [1.165, 1.54) is 32.9 Å². The first-order valence-corrected chi connectivity index (χ1v) is 15.2. The monoisotopic (exact) mass is 535 g/mol. The molecule has 2 atom stereocenters. The molecular formula is C24H26FN3O4S3. The summed E-state index contributed by atoms with van der Waals surface area (Å²) in [4.78, 5) is 34.6. The van der Waals surface area contributed by atoms with Crippen LogP contribution in [0.5, 0.6) is 0 Å². The summed E-state index contributed by atoms with van der Waals surface area (Å²) in [5, 5.41) is 0.796. The van der Waals surface area contributed by atoms with Crippen LogP contribution in [0.3, 0.4) is 0 Å². The maximum Gasteiger partial charge on any atom is 0.267 e. The van der Waals surface area contributed by atoms with Crippen molar-refractivity contribution in [2.24, 2.45) is 5.92 Å². The number of thioether (sulfide) groups is 1. The average Bonchev–Trinajstić information content (AvgIpc) is 3.36. The van der Waals surface area contributed by atoms with Crippen LogP contribution in [0.1, 0.15) is 30.2 Å². The molecule has 1 amide bonds. The maximum atomic E-state index is 14.8. The van der Waals surface area contributed by atoms with E-state index in [2.05, 4.69) is 6.92 Å². The van der Waals surface area contributed by atoms with E-state index < -0.39 is 15.7 Å². The maximum absolute atomic E-state index is 14.8. The van der Waals surface area contributed by atoms with Gasteiger partial charge in [0, 0.05) is 18.0 Å². The van der Waals surface area contributed by atoms with Crippen molar-refractivity contribution in [3.63, 3.8) is 0 Å². The van der Waals surface area contributed by atoms with E-state index in [1.54, 1.807) is 19.2 Å². The zero-order valence-electron chi connectivity index (χ0n) is 19.5. The van der Waals surface area contributed by atoms with Crippen molar-refractivity contribution in [2.75, 3.05) is 24.3 Å². The molecular weight excluding hydrogens is 509 g/mol. The number of rotatable bonds is 5. The fraction of sp³-hybridized carbons (Fsp3) is 0.458. The summed E-state index contributed by atoms with van der Waals surface area (Å²) < 4.78 is 39.7. The number of fused-ring (bicyclic) bond motifs is 3. The standard InChI is InChI=1S/C24H26FN3O4S3/c1-14-7-8-16-19(11-14)34-22-21(16)23(30)28(18-6-4-3-5-17(18)25)24(26-22)33-12-20(29)27(2)15-9-10-35(31,32)13-15/h3-6,14-15H,7-13H2,1-2H3/t14-,15-/m0/s1. The molecule has 0 radical (unpaired) electrons. The van der Waals surface area contributed by atoms with E-state index in [9.17, 15) is 22.4 Å². The van der Waals surface area contributed by atoms with Crippen LogP contribution < -0.4 is 5.56 Å². The number of benzene rings is 1. The fourth-order valence-corrected chi connectivity index (χ4v) is 8.95. The van der Waals surface area contributed by atoms with Crippen molar-refractivity contribution < 1.29 is 17.6 Å². The lowest BCUT2D eigenvalue weighted by Gasteiger charge is -2.23. The topological polar surface area (TPSA) is 89.3 Å². The molecule has 3 heterocycles. The van der Waals surface area contributed by atoms with Crippen molar-refractivity contribution >= 4 is 49.1 Å². The summed E-state index contributed by atoms with van der Waals surface area (Å²) in [7, 11) is -1.52. The third-order valence-corrected chi connectivity index (χ3v) is 10.7. The van der Waals surface area contributed by atoms with E-state index in [1.807, 2.05) is 0 Å². The lowest BCUT2D eigenvalue weighted by atomic mass is 9.89. The summed E-state index contributed by atoms with van der Waals surface area (Å²) in [6.07, 6.45) is 3.10. The van der Waals surface area contributed by atoms with Crippen LogP contribution in [0.15, 0.2) is 34.2 Å². The van der Waals surface area contributed by atoms with Gasteiger partial charge < -0.3 is 4.90 Å². The fourth-order valence-electron chi connectivity index (χ4n) is 4.83. The zero-order chi connectivity index (χ0) is 24.9. The highest BCUT2D eigenvalue weighted by atomic mass is 32.2. The number of para-hydroxylation sites is 1. The average molecular weight is 536 g/mol. The van der Waals surface area contributed by atoms with Crippen LogP contribution in [-0.2, 0) is 27.5 Å². The van der Waals surface area contributed by atoms with Crippen LogP contribution in [0.25, 0.3) is 15.9 Å². The number of hydrogen-bond acceptors (Lipinski definition) is 7. The molecule has 0 saturated carbocycles. The number of aryl methyl sites for hydroxylation is 1. The first-order valence-electron chi connectivity index (χ1n) is 11.6. The summed E-state index contributed by atoms with van der Waals surface area (Å²) in [5.41, 5.74) is 0.791. The zero-order valence-corrected chi connectivity index (χ0v) is 21.9. The molecule has 1 aliphatic heterocycles. The molecule has 5 rings (SSSR count). The van der Waals surface area contributed by atoms with Crippen molar-refractivity contribution in [1.29, 1.82) is 0 Å². The lowest BCUT2D eigenvalue weighted by molar-refractivity contribution is -0.128. The molecule has 1 saturated heterocycles. The van der Waals surface area contributed by atoms with Gasteiger partial charge in [0.1, 0.15) is 10.6 Å². The van der Waals surface area contributed by atoms with Gasteiger partial charge in [0.15, 0.2) is 15.0 Å². The highest BCUT2D eigenvalue weighted by molar-refractivity contribution is 7.99. The predicted molar refractivity (Wildman–Crippen MR) is 137 cm³/mol. The quantitative estimate of drug-likeness (QED) is 0.367. The van der Waals surface area contributed by atoms with Crippen molar-refractivity contribution in [3.05, 3.63) is 50.9 Å². The first-order chi connectivity index (χ1) is 16.6. The molecule has 7 nitrogen and oxygen atoms in total. The van der Waals surface area contributed by atoms with Gasteiger partial charge in [0.2, 0.25) is 5.91 Å². The third kappa shape index (κ3) is 4.65. The summed E-state index contributed by atoms with van der Waals surface area (Å²) in [6.45, 7) is 2.19. The molecule has 0 unspecified atom stereocenters. The number of nitrogens with zero attached hydrogens (tertiary/aromatic N) is 3. The van der Waals surface area contributed by atoms with Gasteiger partial charge in [-0.15, -0.1) is 11.3 Å². The minimum absolute atomic E-state index is 0.0385.